The maximum Gasteiger partial charge on any atom is 0.335 e. The Balaban J connectivity index is 0. The highest BCUT2D eigenvalue weighted by Gasteiger charge is 2.33. The van der Waals surface area contributed by atoms with Gasteiger partial charge in [-0.15, -0.1) is 0 Å². The van der Waals surface area contributed by atoms with Gasteiger partial charge in [-0.3, -0.25) is 4.79 Å². The predicted molar refractivity (Wildman–Crippen MR) is 89.8 cm³/mol. The van der Waals surface area contributed by atoms with E-state index in [0.717, 1.165) is 13.0 Å². The average molecular weight is 365 g/mol. The van der Waals surface area contributed by atoms with Gasteiger partial charge in [0.05, 0.1) is 0 Å². The van der Waals surface area contributed by atoms with Crippen molar-refractivity contribution in [2.45, 2.75) is 76.8 Å². The Labute approximate surface area is 147 Å². The van der Waals surface area contributed by atoms with E-state index in [9.17, 15) is 14.4 Å². The van der Waals surface area contributed by atoms with Crippen LogP contribution in [0.3, 0.4) is 0 Å². The largest absolute Gasteiger partial charge is 0.479 e. The highest BCUT2D eigenvalue weighted by atomic mass is 16.4. The number of nitrogens with one attached hydrogen (secondary N) is 1. The molecule has 0 aromatic rings. The Hall–Kier alpha value is -1.55. The Morgan fingerprint density at radius 1 is 0.960 bits per heavy atom. The van der Waals surface area contributed by atoms with Crippen molar-refractivity contribution in [1.82, 2.24) is 5.32 Å². The molecule has 0 rings (SSSR count). The second kappa shape index (κ2) is 15.9. The molecule has 0 aromatic carbocycles. The lowest BCUT2D eigenvalue weighted by molar-refractivity contribution is -0.163. The van der Waals surface area contributed by atoms with Crippen LogP contribution in [0.4, 0.5) is 0 Å². The van der Waals surface area contributed by atoms with E-state index in [2.05, 4.69) is 12.2 Å². The number of hydrogen-bond acceptors (Lipinski definition) is 7. The van der Waals surface area contributed by atoms with Crippen molar-refractivity contribution in [2.75, 3.05) is 6.54 Å². The first-order valence-electron chi connectivity index (χ1n) is 8.33. The van der Waals surface area contributed by atoms with Gasteiger partial charge < -0.3 is 35.6 Å². The topological polar surface area (TPSA) is 164 Å². The van der Waals surface area contributed by atoms with Gasteiger partial charge >= 0.3 is 5.97 Å². The van der Waals surface area contributed by atoms with Gasteiger partial charge in [-0.1, -0.05) is 39.0 Å². The van der Waals surface area contributed by atoms with Crippen LogP contribution in [0.5, 0.6) is 0 Å². The third-order valence-corrected chi connectivity index (χ3v) is 3.32. The van der Waals surface area contributed by atoms with E-state index in [1.807, 2.05) is 0 Å². The van der Waals surface area contributed by atoms with Gasteiger partial charge in [0.1, 0.15) is 18.3 Å². The summed E-state index contributed by atoms with van der Waals surface area (Å²) >= 11 is 0. The van der Waals surface area contributed by atoms with Gasteiger partial charge in [0.15, 0.2) is 12.4 Å². The molecule has 0 aliphatic rings. The van der Waals surface area contributed by atoms with Crippen molar-refractivity contribution in [3.8, 4) is 0 Å². The second-order valence-electron chi connectivity index (χ2n) is 5.64. The molecule has 6 N–H and O–H groups in total. The summed E-state index contributed by atoms with van der Waals surface area (Å²) < 4.78 is 0. The molecule has 0 aromatic heterocycles. The summed E-state index contributed by atoms with van der Waals surface area (Å²) in [6.45, 7) is 4.63. The number of carbonyl (C=O) groups excluding carboxylic acids is 2. The monoisotopic (exact) mass is 365 g/mol. The first kappa shape index (κ1) is 25.7. The van der Waals surface area contributed by atoms with Gasteiger partial charge in [0, 0.05) is 13.5 Å². The van der Waals surface area contributed by atoms with Crippen LogP contribution < -0.4 is 5.32 Å². The standard InChI is InChI=1S/C10H21NO.C6H10O7/c1-3-4-5-6-7-8-9-11-10(2)12;7-1-2(8)3(9)4(10)5(11)6(12)13/h3-9H2,1-2H3,(H,11,12);1-5,8-11H,(H,12,13). The molecule has 148 valence electrons. The minimum Gasteiger partial charge on any atom is -0.479 e. The molecule has 0 spiro atoms. The van der Waals surface area contributed by atoms with Crippen molar-refractivity contribution in [3.05, 3.63) is 0 Å². The normalized spacial score (nSPS) is 15.1. The van der Waals surface area contributed by atoms with E-state index in [1.165, 1.54) is 32.1 Å². The van der Waals surface area contributed by atoms with E-state index in [1.54, 1.807) is 6.92 Å². The number of aliphatic carboxylic acids is 1. The summed E-state index contributed by atoms with van der Waals surface area (Å²) in [6, 6.07) is 0. The molecule has 0 saturated carbocycles. The van der Waals surface area contributed by atoms with E-state index in [-0.39, 0.29) is 12.2 Å². The molecule has 4 atom stereocenters. The molecule has 0 fully saturated rings. The Morgan fingerprint density at radius 2 is 1.48 bits per heavy atom. The Kier molecular flexibility index (Phi) is 16.4. The van der Waals surface area contributed by atoms with Crippen molar-refractivity contribution >= 4 is 18.2 Å². The fourth-order valence-corrected chi connectivity index (χ4v) is 1.79. The third-order valence-electron chi connectivity index (χ3n) is 3.32. The second-order valence-corrected chi connectivity index (χ2v) is 5.64. The molecular weight excluding hydrogens is 334 g/mol. The Morgan fingerprint density at radius 3 is 1.92 bits per heavy atom. The lowest BCUT2D eigenvalue weighted by Gasteiger charge is -2.21. The average Bonchev–Trinajstić information content (AvgIpc) is 2.58. The molecule has 0 aliphatic heterocycles. The quantitative estimate of drug-likeness (QED) is 0.193. The van der Waals surface area contributed by atoms with E-state index >= 15 is 0 Å². The number of aliphatic hydroxyl groups is 4. The summed E-state index contributed by atoms with van der Waals surface area (Å²) in [7, 11) is 0. The van der Waals surface area contributed by atoms with Gasteiger partial charge in [-0.2, -0.15) is 0 Å². The van der Waals surface area contributed by atoms with Crippen LogP contribution in [0.1, 0.15) is 52.4 Å². The highest BCUT2D eigenvalue weighted by molar-refractivity contribution is 5.73. The summed E-state index contributed by atoms with van der Waals surface area (Å²) in [5, 5.41) is 46.0. The predicted octanol–water partition coefficient (Wildman–Crippen LogP) is -0.803. The number of aliphatic hydroxyl groups excluding tert-OH is 4. The minimum atomic E-state index is -2.25. The fourth-order valence-electron chi connectivity index (χ4n) is 1.79. The summed E-state index contributed by atoms with van der Waals surface area (Å²) in [5.74, 6) is -1.67. The van der Waals surface area contributed by atoms with Crippen LogP contribution >= 0.6 is 0 Å². The SMILES string of the molecule is CCCCCCCCNC(C)=O.O=CC(O)C(O)C(O)C(O)C(=O)O. The summed E-state index contributed by atoms with van der Waals surface area (Å²) in [6.07, 6.45) is -0.711. The number of rotatable bonds is 12. The Bertz CT molecular complexity index is 377. The zero-order chi connectivity index (χ0) is 19.8. The van der Waals surface area contributed by atoms with E-state index < -0.39 is 30.4 Å². The molecule has 4 unspecified atom stereocenters. The number of aldehydes is 1. The minimum absolute atomic E-state index is 0.0809. The van der Waals surface area contributed by atoms with Crippen molar-refractivity contribution in [2.24, 2.45) is 0 Å². The zero-order valence-corrected chi connectivity index (χ0v) is 14.8. The number of carboxylic acid groups (broad SMARTS) is 1. The highest BCUT2D eigenvalue weighted by Crippen LogP contribution is 2.04. The van der Waals surface area contributed by atoms with Crippen molar-refractivity contribution in [1.29, 1.82) is 0 Å². The maximum atomic E-state index is 10.5. The number of amides is 1. The van der Waals surface area contributed by atoms with Gasteiger partial charge in [-0.05, 0) is 6.42 Å². The van der Waals surface area contributed by atoms with Crippen LogP contribution in [0.15, 0.2) is 0 Å². The molecular formula is C16H31NO8. The summed E-state index contributed by atoms with van der Waals surface area (Å²) in [5.41, 5.74) is 0. The smallest absolute Gasteiger partial charge is 0.335 e. The molecule has 0 heterocycles. The van der Waals surface area contributed by atoms with Crippen LogP contribution in [-0.2, 0) is 14.4 Å². The van der Waals surface area contributed by atoms with Crippen molar-refractivity contribution < 1.29 is 39.9 Å². The number of carboxylic acids is 1. The first-order valence-corrected chi connectivity index (χ1v) is 8.33. The fraction of sp³-hybridized carbons (Fsp3) is 0.812. The van der Waals surface area contributed by atoms with Crippen LogP contribution in [-0.4, -0.2) is 74.7 Å². The molecule has 9 heteroatoms. The van der Waals surface area contributed by atoms with Gasteiger partial charge in [0.2, 0.25) is 5.91 Å². The van der Waals surface area contributed by atoms with Crippen LogP contribution in [0.25, 0.3) is 0 Å². The van der Waals surface area contributed by atoms with Gasteiger partial charge in [0.25, 0.3) is 0 Å². The van der Waals surface area contributed by atoms with Crippen LogP contribution in [0.2, 0.25) is 0 Å². The molecule has 0 radical (unpaired) electrons. The van der Waals surface area contributed by atoms with E-state index in [0.29, 0.717) is 0 Å². The van der Waals surface area contributed by atoms with E-state index in [4.69, 9.17) is 25.5 Å². The lowest BCUT2D eigenvalue weighted by Crippen LogP contribution is -2.48. The first-order chi connectivity index (χ1) is 11.7. The molecule has 25 heavy (non-hydrogen) atoms. The zero-order valence-electron chi connectivity index (χ0n) is 14.8. The lowest BCUT2D eigenvalue weighted by atomic mass is 10.0. The van der Waals surface area contributed by atoms with Crippen molar-refractivity contribution in [3.63, 3.8) is 0 Å². The number of hydrogen-bond donors (Lipinski definition) is 6. The van der Waals surface area contributed by atoms with Gasteiger partial charge in [-0.25, -0.2) is 4.79 Å². The molecule has 9 nitrogen and oxygen atoms in total. The number of unbranched alkanes of at least 4 members (excludes halogenated alkanes) is 5. The molecule has 0 saturated heterocycles. The molecule has 0 bridgehead atoms. The maximum absolute atomic E-state index is 10.5. The van der Waals surface area contributed by atoms with Crippen LogP contribution in [0, 0.1) is 0 Å². The number of carbonyl (C=O) groups is 3. The molecule has 1 amide bonds. The summed E-state index contributed by atoms with van der Waals surface area (Å²) in [4.78, 5) is 30.4. The third kappa shape index (κ3) is 14.5. The molecule has 0 aliphatic carbocycles.